The number of benzene rings is 2. The smallest absolute Gasteiger partial charge is 0.258 e. The van der Waals surface area contributed by atoms with Crippen molar-refractivity contribution in [2.45, 2.75) is 19.8 Å². The minimum Gasteiger partial charge on any atom is -0.352 e. The van der Waals surface area contributed by atoms with Crippen LogP contribution < -0.4 is 16.0 Å². The van der Waals surface area contributed by atoms with E-state index in [4.69, 9.17) is 12.2 Å². The molecule has 0 aliphatic carbocycles. The van der Waals surface area contributed by atoms with E-state index in [1.807, 2.05) is 6.07 Å². The third-order valence-electron chi connectivity index (χ3n) is 3.58. The number of hydrogen-bond donors (Lipinski definition) is 3. The summed E-state index contributed by atoms with van der Waals surface area (Å²) in [5, 5.41) is 8.55. The van der Waals surface area contributed by atoms with Crippen LogP contribution in [0.25, 0.3) is 0 Å². The van der Waals surface area contributed by atoms with E-state index in [1.165, 1.54) is 0 Å². The standard InChI is InChI=1S/C19H20BrN3O2S/c1-2-3-12-21-17(24)14-9-5-7-11-16(14)22-19(26)23-18(25)13-8-4-6-10-15(13)20/h4-11H,2-3,12H2,1H3,(H,21,24)(H2,22,23,25,26). The summed E-state index contributed by atoms with van der Waals surface area (Å²) in [6.07, 6.45) is 1.92. The second kappa shape index (κ2) is 10.0. The van der Waals surface area contributed by atoms with Gasteiger partial charge in [-0.15, -0.1) is 0 Å². The summed E-state index contributed by atoms with van der Waals surface area (Å²) in [7, 11) is 0. The fourth-order valence-electron chi connectivity index (χ4n) is 2.23. The molecule has 0 bridgehead atoms. The molecule has 0 fully saturated rings. The van der Waals surface area contributed by atoms with Crippen LogP contribution in [0.4, 0.5) is 5.69 Å². The summed E-state index contributed by atoms with van der Waals surface area (Å²) in [6, 6.07) is 14.1. The van der Waals surface area contributed by atoms with Crippen LogP contribution in [0.1, 0.15) is 40.5 Å². The maximum absolute atomic E-state index is 12.3. The molecule has 2 aromatic carbocycles. The van der Waals surface area contributed by atoms with E-state index in [9.17, 15) is 9.59 Å². The van der Waals surface area contributed by atoms with Crippen molar-refractivity contribution in [2.24, 2.45) is 0 Å². The van der Waals surface area contributed by atoms with Crippen LogP contribution in [0.15, 0.2) is 53.0 Å². The molecule has 0 aliphatic rings. The number of para-hydroxylation sites is 1. The molecule has 5 nitrogen and oxygen atoms in total. The lowest BCUT2D eigenvalue weighted by Gasteiger charge is -2.14. The first-order chi connectivity index (χ1) is 12.5. The zero-order valence-electron chi connectivity index (χ0n) is 14.3. The number of rotatable bonds is 6. The summed E-state index contributed by atoms with van der Waals surface area (Å²) in [5.41, 5.74) is 1.49. The van der Waals surface area contributed by atoms with Gasteiger partial charge in [-0.3, -0.25) is 14.9 Å². The molecule has 7 heteroatoms. The number of carbonyl (C=O) groups excluding carboxylic acids is 2. The van der Waals surface area contributed by atoms with E-state index >= 15 is 0 Å². The predicted molar refractivity (Wildman–Crippen MR) is 112 cm³/mol. The molecular formula is C19H20BrN3O2S. The highest BCUT2D eigenvalue weighted by Gasteiger charge is 2.14. The van der Waals surface area contributed by atoms with Crippen molar-refractivity contribution < 1.29 is 9.59 Å². The third kappa shape index (κ3) is 5.64. The number of unbranched alkanes of at least 4 members (excludes halogenated alkanes) is 1. The van der Waals surface area contributed by atoms with E-state index in [0.29, 0.717) is 27.8 Å². The van der Waals surface area contributed by atoms with Crippen molar-refractivity contribution >= 4 is 50.8 Å². The Bertz CT molecular complexity index is 811. The Hall–Kier alpha value is -2.25. The van der Waals surface area contributed by atoms with Gasteiger partial charge in [0.2, 0.25) is 0 Å². The third-order valence-corrected chi connectivity index (χ3v) is 4.48. The zero-order valence-corrected chi connectivity index (χ0v) is 16.7. The summed E-state index contributed by atoms with van der Waals surface area (Å²) in [5.74, 6) is -0.513. The number of anilines is 1. The molecule has 2 aromatic rings. The molecule has 0 unspecified atom stereocenters. The molecule has 2 amide bonds. The molecule has 0 heterocycles. The number of carbonyl (C=O) groups is 2. The molecule has 0 aromatic heterocycles. The summed E-state index contributed by atoms with van der Waals surface area (Å²) >= 11 is 8.55. The van der Waals surface area contributed by atoms with Crippen LogP contribution in [0, 0.1) is 0 Å². The highest BCUT2D eigenvalue weighted by Crippen LogP contribution is 2.17. The highest BCUT2D eigenvalue weighted by atomic mass is 79.9. The summed E-state index contributed by atoms with van der Waals surface area (Å²) < 4.78 is 0.677. The van der Waals surface area contributed by atoms with E-state index in [-0.39, 0.29) is 16.9 Å². The fourth-order valence-corrected chi connectivity index (χ4v) is 2.90. The Morgan fingerprint density at radius 3 is 2.35 bits per heavy atom. The molecule has 0 radical (unpaired) electrons. The second-order valence-corrected chi connectivity index (χ2v) is 6.81. The minimum atomic E-state index is -0.333. The highest BCUT2D eigenvalue weighted by molar-refractivity contribution is 9.10. The van der Waals surface area contributed by atoms with Crippen LogP contribution in [0.5, 0.6) is 0 Å². The lowest BCUT2D eigenvalue weighted by molar-refractivity contribution is 0.0952. The van der Waals surface area contributed by atoms with Gasteiger partial charge in [0, 0.05) is 11.0 Å². The van der Waals surface area contributed by atoms with Crippen molar-refractivity contribution in [1.82, 2.24) is 10.6 Å². The van der Waals surface area contributed by atoms with E-state index in [2.05, 4.69) is 38.8 Å². The average molecular weight is 434 g/mol. The van der Waals surface area contributed by atoms with Crippen molar-refractivity contribution in [3.8, 4) is 0 Å². The van der Waals surface area contributed by atoms with Crippen molar-refractivity contribution in [3.63, 3.8) is 0 Å². The minimum absolute atomic E-state index is 0.125. The van der Waals surface area contributed by atoms with Gasteiger partial charge in [-0.2, -0.15) is 0 Å². The lowest BCUT2D eigenvalue weighted by Crippen LogP contribution is -2.35. The van der Waals surface area contributed by atoms with Crippen molar-refractivity contribution in [3.05, 3.63) is 64.1 Å². The first kappa shape index (κ1) is 20.1. The molecule has 26 heavy (non-hydrogen) atoms. The van der Waals surface area contributed by atoms with E-state index in [1.54, 1.807) is 42.5 Å². The Labute approximate surface area is 166 Å². The maximum Gasteiger partial charge on any atom is 0.258 e. The van der Waals surface area contributed by atoms with Gasteiger partial charge in [-0.1, -0.05) is 37.6 Å². The van der Waals surface area contributed by atoms with Crippen LogP contribution in [0.2, 0.25) is 0 Å². The van der Waals surface area contributed by atoms with E-state index < -0.39 is 0 Å². The molecule has 0 saturated heterocycles. The number of amides is 2. The molecule has 2 rings (SSSR count). The normalized spacial score (nSPS) is 10.1. The Kier molecular flexibility index (Phi) is 7.74. The van der Waals surface area contributed by atoms with Gasteiger partial charge >= 0.3 is 0 Å². The SMILES string of the molecule is CCCCNC(=O)c1ccccc1NC(=S)NC(=O)c1ccccc1Br. The molecule has 136 valence electrons. The van der Waals surface area contributed by atoms with Gasteiger partial charge in [-0.25, -0.2) is 0 Å². The second-order valence-electron chi connectivity index (χ2n) is 5.54. The largest absolute Gasteiger partial charge is 0.352 e. The lowest BCUT2D eigenvalue weighted by atomic mass is 10.1. The number of thiocarbonyl (C=S) groups is 1. The van der Waals surface area contributed by atoms with Gasteiger partial charge in [-0.05, 0) is 58.8 Å². The van der Waals surface area contributed by atoms with E-state index in [0.717, 1.165) is 12.8 Å². The Balaban J connectivity index is 2.04. The monoisotopic (exact) mass is 433 g/mol. The maximum atomic E-state index is 12.3. The fraction of sp³-hybridized carbons (Fsp3) is 0.211. The summed E-state index contributed by atoms with van der Waals surface area (Å²) in [4.78, 5) is 24.6. The molecular weight excluding hydrogens is 414 g/mol. The number of nitrogens with one attached hydrogen (secondary N) is 3. The zero-order chi connectivity index (χ0) is 18.9. The molecule has 0 aliphatic heterocycles. The first-order valence-electron chi connectivity index (χ1n) is 8.27. The topological polar surface area (TPSA) is 70.2 Å². The quantitative estimate of drug-likeness (QED) is 0.473. The molecule has 3 N–H and O–H groups in total. The first-order valence-corrected chi connectivity index (χ1v) is 9.47. The molecule has 0 spiro atoms. The Morgan fingerprint density at radius 1 is 1.00 bits per heavy atom. The van der Waals surface area contributed by atoms with Gasteiger partial charge in [0.15, 0.2) is 5.11 Å². The van der Waals surface area contributed by atoms with Crippen molar-refractivity contribution in [1.29, 1.82) is 0 Å². The van der Waals surface area contributed by atoms with Crippen LogP contribution in [-0.4, -0.2) is 23.5 Å². The summed E-state index contributed by atoms with van der Waals surface area (Å²) in [6.45, 7) is 2.68. The van der Waals surface area contributed by atoms with Gasteiger partial charge < -0.3 is 10.6 Å². The van der Waals surface area contributed by atoms with Gasteiger partial charge in [0.1, 0.15) is 0 Å². The van der Waals surface area contributed by atoms with Crippen LogP contribution >= 0.6 is 28.1 Å². The van der Waals surface area contributed by atoms with Crippen LogP contribution in [0.3, 0.4) is 0 Å². The van der Waals surface area contributed by atoms with Gasteiger partial charge in [0.05, 0.1) is 16.8 Å². The van der Waals surface area contributed by atoms with Gasteiger partial charge in [0.25, 0.3) is 11.8 Å². The molecule has 0 atom stereocenters. The van der Waals surface area contributed by atoms with Crippen molar-refractivity contribution in [2.75, 3.05) is 11.9 Å². The molecule has 0 saturated carbocycles. The average Bonchev–Trinajstić information content (AvgIpc) is 2.62. The number of hydrogen-bond acceptors (Lipinski definition) is 3. The Morgan fingerprint density at radius 2 is 1.65 bits per heavy atom. The number of halogens is 1. The predicted octanol–water partition coefficient (Wildman–Crippen LogP) is 4.11. The van der Waals surface area contributed by atoms with Crippen LogP contribution in [-0.2, 0) is 0 Å².